The van der Waals surface area contributed by atoms with E-state index < -0.39 is 7.14 Å². The molecule has 0 spiro atoms. The van der Waals surface area contributed by atoms with Crippen molar-refractivity contribution in [2.24, 2.45) is 0 Å². The molecule has 0 unspecified atom stereocenters. The number of hydrogen-bond donors (Lipinski definition) is 1. The van der Waals surface area contributed by atoms with Crippen LogP contribution in [0.5, 0.6) is 0 Å². The summed E-state index contributed by atoms with van der Waals surface area (Å²) in [7, 11) is -2.65. The molecule has 2 aromatic rings. The molecule has 19 heavy (non-hydrogen) atoms. The van der Waals surface area contributed by atoms with E-state index in [1.54, 1.807) is 12.2 Å². The van der Waals surface area contributed by atoms with Gasteiger partial charge in [-0.2, -0.15) is 0 Å². The first-order chi connectivity index (χ1) is 9.27. The third-order valence-electron chi connectivity index (χ3n) is 2.98. The molecule has 0 aliphatic rings. The van der Waals surface area contributed by atoms with E-state index in [1.165, 1.54) is 0 Å². The predicted molar refractivity (Wildman–Crippen MR) is 80.9 cm³/mol. The molecule has 0 aromatic heterocycles. The predicted octanol–water partition coefficient (Wildman–Crippen LogP) is 2.55. The normalized spacial score (nSPS) is 11.8. The van der Waals surface area contributed by atoms with Gasteiger partial charge in [0.1, 0.15) is 7.14 Å². The Morgan fingerprint density at radius 1 is 0.842 bits per heavy atom. The quantitative estimate of drug-likeness (QED) is 0.671. The van der Waals surface area contributed by atoms with E-state index in [0.717, 1.165) is 10.6 Å². The van der Waals surface area contributed by atoms with E-state index in [-0.39, 0.29) is 6.61 Å². The molecule has 3 heteroatoms. The number of aliphatic hydroxyl groups is 1. The molecule has 0 saturated carbocycles. The zero-order chi connectivity index (χ0) is 13.6. The minimum absolute atomic E-state index is 0.0242. The van der Waals surface area contributed by atoms with Crippen LogP contribution in [0, 0.1) is 0 Å². The highest BCUT2D eigenvalue weighted by Gasteiger charge is 2.25. The average molecular weight is 272 g/mol. The molecule has 0 fully saturated rings. The average Bonchev–Trinajstić information content (AvgIpc) is 2.49. The molecular weight excluding hydrogens is 255 g/mol. The van der Waals surface area contributed by atoms with Gasteiger partial charge >= 0.3 is 0 Å². The zero-order valence-corrected chi connectivity index (χ0v) is 11.5. The third kappa shape index (κ3) is 3.23. The van der Waals surface area contributed by atoms with Gasteiger partial charge in [-0.05, 0) is 0 Å². The van der Waals surface area contributed by atoms with Crippen molar-refractivity contribution in [1.82, 2.24) is 0 Å². The van der Waals surface area contributed by atoms with Crippen molar-refractivity contribution in [1.29, 1.82) is 0 Å². The lowest BCUT2D eigenvalue weighted by Gasteiger charge is -2.17. The molecule has 0 heterocycles. The van der Waals surface area contributed by atoms with E-state index in [9.17, 15) is 4.57 Å². The van der Waals surface area contributed by atoms with Gasteiger partial charge in [0.25, 0.3) is 0 Å². The van der Waals surface area contributed by atoms with Crippen molar-refractivity contribution in [2.45, 2.75) is 0 Å². The van der Waals surface area contributed by atoms with Crippen molar-refractivity contribution >= 4 is 17.8 Å². The van der Waals surface area contributed by atoms with Gasteiger partial charge in [0.2, 0.25) is 0 Å². The minimum Gasteiger partial charge on any atom is -0.392 e. The van der Waals surface area contributed by atoms with Crippen LogP contribution in [0.2, 0.25) is 0 Å². The highest BCUT2D eigenvalue weighted by molar-refractivity contribution is 7.78. The second kappa shape index (κ2) is 6.51. The maximum absolute atomic E-state index is 13.4. The summed E-state index contributed by atoms with van der Waals surface area (Å²) in [5, 5.41) is 10.5. The van der Waals surface area contributed by atoms with Crippen LogP contribution in [0.15, 0.2) is 72.8 Å². The maximum Gasteiger partial charge on any atom is 0.146 e. The van der Waals surface area contributed by atoms with Gasteiger partial charge < -0.3 is 9.67 Å². The number of rotatable bonds is 5. The van der Waals surface area contributed by atoms with Gasteiger partial charge in [-0.1, -0.05) is 72.8 Å². The summed E-state index contributed by atoms with van der Waals surface area (Å²) in [6, 6.07) is 19.1. The summed E-state index contributed by atoms with van der Waals surface area (Å²) in [6.07, 6.45) is 3.86. The second-order valence-electron chi connectivity index (χ2n) is 4.25. The second-order valence-corrected chi connectivity index (χ2v) is 7.12. The fourth-order valence-electron chi connectivity index (χ4n) is 1.99. The lowest BCUT2D eigenvalue weighted by Crippen LogP contribution is -2.17. The first kappa shape index (κ1) is 13.8. The Morgan fingerprint density at radius 2 is 1.32 bits per heavy atom. The van der Waals surface area contributed by atoms with Crippen LogP contribution in [-0.2, 0) is 4.57 Å². The summed E-state index contributed by atoms with van der Waals surface area (Å²) >= 11 is 0. The lowest BCUT2D eigenvalue weighted by atomic mass is 10.4. The molecule has 2 rings (SSSR count). The van der Waals surface area contributed by atoms with Crippen LogP contribution in [0.3, 0.4) is 0 Å². The first-order valence-corrected chi connectivity index (χ1v) is 8.13. The Balaban J connectivity index is 2.45. The molecule has 0 atom stereocenters. The molecular formula is C16H17O2P. The Labute approximate surface area is 113 Å². The SMILES string of the molecule is O=P(CC=CCO)(c1ccccc1)c1ccccc1. The molecule has 0 amide bonds. The van der Waals surface area contributed by atoms with Crippen LogP contribution < -0.4 is 10.6 Å². The molecule has 2 nitrogen and oxygen atoms in total. The number of aliphatic hydroxyl groups excluding tert-OH is 1. The number of allylic oxidation sites excluding steroid dienone is 1. The monoisotopic (exact) mass is 272 g/mol. The molecule has 0 radical (unpaired) electrons. The van der Waals surface area contributed by atoms with Gasteiger partial charge in [-0.3, -0.25) is 0 Å². The number of benzene rings is 2. The largest absolute Gasteiger partial charge is 0.392 e. The maximum atomic E-state index is 13.4. The Kier molecular flexibility index (Phi) is 4.73. The van der Waals surface area contributed by atoms with Gasteiger partial charge in [-0.25, -0.2) is 0 Å². The van der Waals surface area contributed by atoms with Crippen molar-refractivity contribution in [3.63, 3.8) is 0 Å². The van der Waals surface area contributed by atoms with Gasteiger partial charge in [0.05, 0.1) is 6.61 Å². The Bertz CT molecular complexity index is 533. The molecule has 0 saturated heterocycles. The van der Waals surface area contributed by atoms with Gasteiger partial charge in [0.15, 0.2) is 0 Å². The Morgan fingerprint density at radius 3 is 1.74 bits per heavy atom. The van der Waals surface area contributed by atoms with Gasteiger partial charge in [0, 0.05) is 16.8 Å². The molecule has 2 aromatic carbocycles. The van der Waals surface area contributed by atoms with E-state index in [2.05, 4.69) is 0 Å². The molecule has 98 valence electrons. The van der Waals surface area contributed by atoms with E-state index in [1.807, 2.05) is 60.7 Å². The topological polar surface area (TPSA) is 37.3 Å². The lowest BCUT2D eigenvalue weighted by molar-refractivity contribution is 0.342. The summed E-state index contributed by atoms with van der Waals surface area (Å²) < 4.78 is 13.4. The standard InChI is InChI=1S/C16H17O2P/c17-13-7-8-14-19(18,15-9-3-1-4-10-15)16-11-5-2-6-12-16/h1-12,17H,13-14H2. The fraction of sp³-hybridized carbons (Fsp3) is 0.125. The van der Waals surface area contributed by atoms with Crippen LogP contribution >= 0.6 is 7.14 Å². The van der Waals surface area contributed by atoms with E-state index in [0.29, 0.717) is 6.16 Å². The zero-order valence-electron chi connectivity index (χ0n) is 10.6. The molecule has 1 N–H and O–H groups in total. The summed E-state index contributed by atoms with van der Waals surface area (Å²) in [6.45, 7) is -0.0242. The van der Waals surface area contributed by atoms with Gasteiger partial charge in [-0.15, -0.1) is 0 Å². The summed E-state index contributed by atoms with van der Waals surface area (Å²) in [4.78, 5) is 0. The molecule has 0 bridgehead atoms. The third-order valence-corrected chi connectivity index (χ3v) is 5.97. The van der Waals surface area contributed by atoms with Crippen molar-refractivity contribution in [3.8, 4) is 0 Å². The smallest absolute Gasteiger partial charge is 0.146 e. The van der Waals surface area contributed by atoms with E-state index in [4.69, 9.17) is 5.11 Å². The Hall–Kier alpha value is -1.63. The highest BCUT2D eigenvalue weighted by Crippen LogP contribution is 2.43. The molecule has 0 aliphatic heterocycles. The van der Waals surface area contributed by atoms with Crippen molar-refractivity contribution in [3.05, 3.63) is 72.8 Å². The minimum atomic E-state index is -2.65. The van der Waals surface area contributed by atoms with Crippen LogP contribution in [0.25, 0.3) is 0 Å². The highest BCUT2D eigenvalue weighted by atomic mass is 31.2. The summed E-state index contributed by atoms with van der Waals surface area (Å²) in [5.41, 5.74) is 0. The van der Waals surface area contributed by atoms with Crippen molar-refractivity contribution in [2.75, 3.05) is 12.8 Å². The van der Waals surface area contributed by atoms with Crippen LogP contribution in [0.4, 0.5) is 0 Å². The van der Waals surface area contributed by atoms with Crippen molar-refractivity contribution < 1.29 is 9.67 Å². The van der Waals surface area contributed by atoms with Crippen LogP contribution in [-0.4, -0.2) is 17.9 Å². The molecule has 0 aliphatic carbocycles. The fourth-order valence-corrected chi connectivity index (χ4v) is 4.47. The summed E-state index contributed by atoms with van der Waals surface area (Å²) in [5.74, 6) is 0. The van der Waals surface area contributed by atoms with E-state index >= 15 is 0 Å². The first-order valence-electron chi connectivity index (χ1n) is 6.23. The number of hydrogen-bond acceptors (Lipinski definition) is 2. The van der Waals surface area contributed by atoms with Crippen LogP contribution in [0.1, 0.15) is 0 Å².